The van der Waals surface area contributed by atoms with E-state index < -0.39 is 5.82 Å². The zero-order chi connectivity index (χ0) is 14.2. The molecular weight excluding hydrogens is 245 g/mol. The summed E-state index contributed by atoms with van der Waals surface area (Å²) in [5.41, 5.74) is 1.46. The minimum atomic E-state index is -0.557. The van der Waals surface area contributed by atoms with Gasteiger partial charge in [0, 0.05) is 18.0 Å². The predicted molar refractivity (Wildman–Crippen MR) is 71.7 cm³/mol. The quantitative estimate of drug-likeness (QED) is 0.851. The molecule has 0 aromatic heterocycles. The van der Waals surface area contributed by atoms with E-state index in [9.17, 15) is 14.0 Å². The van der Waals surface area contributed by atoms with Gasteiger partial charge in [-0.2, -0.15) is 0 Å². The van der Waals surface area contributed by atoms with Crippen molar-refractivity contribution >= 4 is 17.4 Å². The molecule has 1 atom stereocenters. The molecule has 102 valence electrons. The Morgan fingerprint density at radius 2 is 1.95 bits per heavy atom. The van der Waals surface area contributed by atoms with Gasteiger partial charge in [0.2, 0.25) is 5.91 Å². The van der Waals surface area contributed by atoms with Crippen molar-refractivity contribution in [3.8, 4) is 0 Å². The molecule has 0 saturated carbocycles. The van der Waals surface area contributed by atoms with E-state index in [0.717, 1.165) is 5.56 Å². The van der Waals surface area contributed by atoms with Crippen LogP contribution >= 0.6 is 0 Å². The summed E-state index contributed by atoms with van der Waals surface area (Å²) in [6, 6.07) is 2.85. The number of hydrogen-bond donors (Lipinski definition) is 1. The van der Waals surface area contributed by atoms with Gasteiger partial charge in [0.1, 0.15) is 5.82 Å². The topological polar surface area (TPSA) is 46.2 Å². The normalized spacial score (nSPS) is 15.9. The summed E-state index contributed by atoms with van der Waals surface area (Å²) in [7, 11) is 0. The second kappa shape index (κ2) is 5.11. The molecule has 1 amide bonds. The van der Waals surface area contributed by atoms with Crippen molar-refractivity contribution in [1.29, 1.82) is 0 Å². The number of amides is 1. The maximum atomic E-state index is 14.0. The number of carbonyl (C=O) groups excluding carboxylic acids is 2. The van der Waals surface area contributed by atoms with Gasteiger partial charge in [0.15, 0.2) is 5.78 Å². The molecule has 0 radical (unpaired) electrons. The number of carbonyl (C=O) groups is 2. The van der Waals surface area contributed by atoms with Crippen LogP contribution in [0.5, 0.6) is 0 Å². The molecule has 1 aliphatic heterocycles. The Kier molecular flexibility index (Phi) is 3.69. The van der Waals surface area contributed by atoms with E-state index in [0.29, 0.717) is 18.5 Å². The Balaban J connectivity index is 2.38. The molecular formula is C15H18FNO2. The highest BCUT2D eigenvalue weighted by molar-refractivity contribution is 6.00. The van der Waals surface area contributed by atoms with Crippen LogP contribution in [0.25, 0.3) is 0 Å². The fourth-order valence-corrected chi connectivity index (χ4v) is 2.14. The first kappa shape index (κ1) is 13.7. The SMILES string of the molecule is CC(C)C(C)C(=O)c1cc2c(cc1F)NC(=O)CC2. The number of Topliss-reactive ketones (excluding diaryl/α,β-unsaturated/α-hetero) is 1. The van der Waals surface area contributed by atoms with Crippen LogP contribution in [0.1, 0.15) is 43.1 Å². The molecule has 4 heteroatoms. The molecule has 3 nitrogen and oxygen atoms in total. The molecule has 19 heavy (non-hydrogen) atoms. The average molecular weight is 263 g/mol. The van der Waals surface area contributed by atoms with Gasteiger partial charge < -0.3 is 5.32 Å². The van der Waals surface area contributed by atoms with E-state index in [1.54, 1.807) is 6.07 Å². The monoisotopic (exact) mass is 263 g/mol. The Hall–Kier alpha value is -1.71. The Bertz CT molecular complexity index is 537. The summed E-state index contributed by atoms with van der Waals surface area (Å²) in [5, 5.41) is 2.63. The molecule has 1 unspecified atom stereocenters. The number of nitrogens with one attached hydrogen (secondary N) is 1. The molecule has 0 fully saturated rings. The standard InChI is InChI=1S/C15H18FNO2/c1-8(2)9(3)15(19)11-6-10-4-5-14(18)17-13(10)7-12(11)16/h6-9H,4-5H2,1-3H3,(H,17,18). The number of fused-ring (bicyclic) bond motifs is 1. The minimum Gasteiger partial charge on any atom is -0.326 e. The molecule has 1 aliphatic rings. The van der Waals surface area contributed by atoms with E-state index in [4.69, 9.17) is 0 Å². The average Bonchev–Trinajstić information content (AvgIpc) is 2.36. The van der Waals surface area contributed by atoms with Crippen LogP contribution in [-0.2, 0) is 11.2 Å². The molecule has 1 heterocycles. The maximum absolute atomic E-state index is 14.0. The highest BCUT2D eigenvalue weighted by atomic mass is 19.1. The Morgan fingerprint density at radius 1 is 1.26 bits per heavy atom. The molecule has 0 bridgehead atoms. The van der Waals surface area contributed by atoms with Crippen molar-refractivity contribution < 1.29 is 14.0 Å². The molecule has 1 N–H and O–H groups in total. The second-order valence-electron chi connectivity index (χ2n) is 5.43. The second-order valence-corrected chi connectivity index (χ2v) is 5.43. The van der Waals surface area contributed by atoms with Crippen molar-refractivity contribution in [2.24, 2.45) is 11.8 Å². The van der Waals surface area contributed by atoms with Crippen molar-refractivity contribution in [2.75, 3.05) is 5.32 Å². The lowest BCUT2D eigenvalue weighted by molar-refractivity contribution is -0.116. The van der Waals surface area contributed by atoms with E-state index in [1.807, 2.05) is 20.8 Å². The number of halogens is 1. The molecule has 0 aliphatic carbocycles. The molecule has 1 aromatic carbocycles. The summed E-state index contributed by atoms with van der Waals surface area (Å²) < 4.78 is 14.0. The number of aryl methyl sites for hydroxylation is 1. The van der Waals surface area contributed by atoms with E-state index in [-0.39, 0.29) is 29.1 Å². The van der Waals surface area contributed by atoms with Gasteiger partial charge in [-0.05, 0) is 30.0 Å². The number of anilines is 1. The van der Waals surface area contributed by atoms with Gasteiger partial charge in [0.25, 0.3) is 0 Å². The number of ketones is 1. The van der Waals surface area contributed by atoms with Gasteiger partial charge in [0.05, 0.1) is 5.56 Å². The highest BCUT2D eigenvalue weighted by Gasteiger charge is 2.24. The zero-order valence-electron chi connectivity index (χ0n) is 11.4. The highest BCUT2D eigenvalue weighted by Crippen LogP contribution is 2.28. The van der Waals surface area contributed by atoms with Gasteiger partial charge in [-0.25, -0.2) is 4.39 Å². The third kappa shape index (κ3) is 2.67. The summed E-state index contributed by atoms with van der Waals surface area (Å²) >= 11 is 0. The first-order valence-electron chi connectivity index (χ1n) is 6.56. The lowest BCUT2D eigenvalue weighted by atomic mass is 9.88. The van der Waals surface area contributed by atoms with Crippen molar-refractivity contribution in [2.45, 2.75) is 33.6 Å². The van der Waals surface area contributed by atoms with Gasteiger partial charge in [-0.3, -0.25) is 9.59 Å². The molecule has 0 saturated heterocycles. The Morgan fingerprint density at radius 3 is 2.58 bits per heavy atom. The summed E-state index contributed by atoms with van der Waals surface area (Å²) in [6.07, 6.45) is 0.934. The van der Waals surface area contributed by atoms with Gasteiger partial charge in [-0.15, -0.1) is 0 Å². The van der Waals surface area contributed by atoms with Gasteiger partial charge >= 0.3 is 0 Å². The van der Waals surface area contributed by atoms with Crippen LogP contribution < -0.4 is 5.32 Å². The van der Waals surface area contributed by atoms with Crippen LogP contribution in [0, 0.1) is 17.7 Å². The smallest absolute Gasteiger partial charge is 0.224 e. The van der Waals surface area contributed by atoms with Crippen LogP contribution in [0.4, 0.5) is 10.1 Å². The van der Waals surface area contributed by atoms with Crippen LogP contribution in [0.15, 0.2) is 12.1 Å². The minimum absolute atomic E-state index is 0.110. The number of hydrogen-bond acceptors (Lipinski definition) is 2. The summed E-state index contributed by atoms with van der Waals surface area (Å²) in [4.78, 5) is 23.5. The van der Waals surface area contributed by atoms with Crippen LogP contribution in [-0.4, -0.2) is 11.7 Å². The fourth-order valence-electron chi connectivity index (χ4n) is 2.14. The zero-order valence-corrected chi connectivity index (χ0v) is 11.4. The van der Waals surface area contributed by atoms with Crippen molar-refractivity contribution in [3.63, 3.8) is 0 Å². The van der Waals surface area contributed by atoms with Gasteiger partial charge in [-0.1, -0.05) is 20.8 Å². The first-order chi connectivity index (χ1) is 8.90. The van der Waals surface area contributed by atoms with Crippen molar-refractivity contribution in [1.82, 2.24) is 0 Å². The molecule has 0 spiro atoms. The first-order valence-corrected chi connectivity index (χ1v) is 6.56. The molecule has 2 rings (SSSR count). The van der Waals surface area contributed by atoms with Crippen LogP contribution in [0.3, 0.4) is 0 Å². The maximum Gasteiger partial charge on any atom is 0.224 e. The fraction of sp³-hybridized carbons (Fsp3) is 0.467. The predicted octanol–water partition coefficient (Wildman–Crippen LogP) is 3.19. The van der Waals surface area contributed by atoms with Crippen molar-refractivity contribution in [3.05, 3.63) is 29.1 Å². The lowest BCUT2D eigenvalue weighted by Gasteiger charge is -2.20. The number of rotatable bonds is 3. The van der Waals surface area contributed by atoms with Crippen LogP contribution in [0.2, 0.25) is 0 Å². The lowest BCUT2D eigenvalue weighted by Crippen LogP contribution is -2.22. The summed E-state index contributed by atoms with van der Waals surface area (Å²) in [6.45, 7) is 5.70. The third-order valence-electron chi connectivity index (χ3n) is 3.77. The van der Waals surface area contributed by atoms with E-state index >= 15 is 0 Å². The largest absolute Gasteiger partial charge is 0.326 e. The summed E-state index contributed by atoms with van der Waals surface area (Å²) in [5.74, 6) is -0.888. The van der Waals surface area contributed by atoms with E-state index in [2.05, 4.69) is 5.32 Å². The van der Waals surface area contributed by atoms with E-state index in [1.165, 1.54) is 6.07 Å². The third-order valence-corrected chi connectivity index (χ3v) is 3.77. The molecule has 1 aromatic rings. The number of benzene rings is 1. The Labute approximate surface area is 112 Å².